The Morgan fingerprint density at radius 2 is 1.84 bits per heavy atom. The van der Waals surface area contributed by atoms with Crippen molar-refractivity contribution in [2.45, 2.75) is 32.1 Å². The first-order chi connectivity index (χ1) is 15.5. The van der Waals surface area contributed by atoms with Crippen LogP contribution in [0.5, 0.6) is 5.75 Å². The van der Waals surface area contributed by atoms with E-state index in [1.165, 1.54) is 11.3 Å². The molecule has 0 bridgehead atoms. The molecule has 1 atom stereocenters. The molecule has 0 aliphatic heterocycles. The van der Waals surface area contributed by atoms with Gasteiger partial charge in [-0.15, -0.1) is 11.3 Å². The van der Waals surface area contributed by atoms with Crippen LogP contribution >= 0.6 is 11.3 Å². The summed E-state index contributed by atoms with van der Waals surface area (Å²) in [4.78, 5) is 17.4. The Balaban J connectivity index is 1.36. The maximum Gasteiger partial charge on any atom is 0.315 e. The van der Waals surface area contributed by atoms with Crippen molar-refractivity contribution in [1.29, 1.82) is 0 Å². The number of hydrogen-bond donors (Lipinski definition) is 1. The minimum absolute atomic E-state index is 0.420. The minimum atomic E-state index is -0.947. The average Bonchev–Trinajstić information content (AvgIpc) is 3.46. The van der Waals surface area contributed by atoms with Gasteiger partial charge in [0, 0.05) is 16.9 Å². The van der Waals surface area contributed by atoms with Crippen LogP contribution in [-0.2, 0) is 23.1 Å². The Morgan fingerprint density at radius 3 is 2.50 bits per heavy atom. The second-order valence-electron chi connectivity index (χ2n) is 7.92. The van der Waals surface area contributed by atoms with Crippen molar-refractivity contribution in [2.24, 2.45) is 0 Å². The van der Waals surface area contributed by atoms with Crippen LogP contribution in [0.25, 0.3) is 11.5 Å². The van der Waals surface area contributed by atoms with Crippen molar-refractivity contribution in [3.05, 3.63) is 94.0 Å². The van der Waals surface area contributed by atoms with Crippen molar-refractivity contribution in [3.8, 4) is 17.2 Å². The van der Waals surface area contributed by atoms with Crippen LogP contribution in [0.2, 0.25) is 0 Å². The standard InChI is InChI=1S/C26H25NO4S/c1-18-22(27-24(31-18)20-7-4-3-5-8-20)14-15-30-21-12-10-19(11-13-21)17-26(2,25(28)29)23-9-6-16-32-23/h3-13,16H,14-15,17H2,1-2H3,(H,28,29). The molecule has 1 unspecified atom stereocenters. The number of hydrogen-bond acceptors (Lipinski definition) is 5. The zero-order valence-electron chi connectivity index (χ0n) is 18.1. The molecule has 5 nitrogen and oxygen atoms in total. The van der Waals surface area contributed by atoms with Gasteiger partial charge in [0.1, 0.15) is 16.9 Å². The third-order valence-corrected chi connectivity index (χ3v) is 6.67. The molecule has 0 aliphatic carbocycles. The Morgan fingerprint density at radius 1 is 1.09 bits per heavy atom. The molecule has 2 aromatic heterocycles. The summed E-state index contributed by atoms with van der Waals surface area (Å²) in [5.74, 6) is 1.34. The van der Waals surface area contributed by atoms with Gasteiger partial charge in [-0.25, -0.2) is 4.98 Å². The number of aryl methyl sites for hydroxylation is 1. The van der Waals surface area contributed by atoms with E-state index < -0.39 is 11.4 Å². The first kappa shape index (κ1) is 21.8. The summed E-state index contributed by atoms with van der Waals surface area (Å²) in [6.07, 6.45) is 1.06. The van der Waals surface area contributed by atoms with Crippen LogP contribution in [0, 0.1) is 6.92 Å². The number of benzene rings is 2. The van der Waals surface area contributed by atoms with Gasteiger partial charge in [0.2, 0.25) is 5.89 Å². The van der Waals surface area contributed by atoms with E-state index in [9.17, 15) is 9.90 Å². The second-order valence-corrected chi connectivity index (χ2v) is 8.87. The van der Waals surface area contributed by atoms with Crippen LogP contribution in [0.4, 0.5) is 0 Å². The number of thiophene rings is 1. The summed E-state index contributed by atoms with van der Waals surface area (Å²) in [5, 5.41) is 11.7. The van der Waals surface area contributed by atoms with Crippen LogP contribution in [0.15, 0.2) is 76.5 Å². The molecule has 0 spiro atoms. The summed E-state index contributed by atoms with van der Waals surface area (Å²) < 4.78 is 11.7. The van der Waals surface area contributed by atoms with Gasteiger partial charge in [0.25, 0.3) is 0 Å². The number of ether oxygens (including phenoxy) is 1. The fourth-order valence-corrected chi connectivity index (χ4v) is 4.48. The van der Waals surface area contributed by atoms with E-state index >= 15 is 0 Å². The molecule has 0 radical (unpaired) electrons. The molecule has 2 aromatic carbocycles. The molecule has 0 fully saturated rings. The molecule has 2 heterocycles. The maximum absolute atomic E-state index is 12.0. The van der Waals surface area contributed by atoms with Crippen LogP contribution in [0.3, 0.4) is 0 Å². The van der Waals surface area contributed by atoms with Gasteiger partial charge >= 0.3 is 5.97 Å². The van der Waals surface area contributed by atoms with Crippen molar-refractivity contribution >= 4 is 17.3 Å². The average molecular weight is 448 g/mol. The molecular weight excluding hydrogens is 422 g/mol. The monoisotopic (exact) mass is 447 g/mol. The first-order valence-electron chi connectivity index (χ1n) is 10.5. The number of aromatic nitrogens is 1. The van der Waals surface area contributed by atoms with E-state index in [1.54, 1.807) is 6.92 Å². The van der Waals surface area contributed by atoms with Crippen LogP contribution < -0.4 is 4.74 Å². The number of rotatable bonds is 9. The second kappa shape index (κ2) is 9.40. The summed E-state index contributed by atoms with van der Waals surface area (Å²) in [6, 6.07) is 21.2. The first-order valence-corrected chi connectivity index (χ1v) is 11.3. The molecule has 0 amide bonds. The van der Waals surface area contributed by atoms with E-state index in [0.717, 1.165) is 33.2 Å². The highest BCUT2D eigenvalue weighted by Gasteiger charge is 2.36. The molecule has 4 rings (SSSR count). The van der Waals surface area contributed by atoms with Crippen molar-refractivity contribution in [1.82, 2.24) is 4.98 Å². The molecule has 32 heavy (non-hydrogen) atoms. The number of aliphatic carboxylic acids is 1. The quantitative estimate of drug-likeness (QED) is 0.345. The van der Waals surface area contributed by atoms with Crippen molar-refractivity contribution < 1.29 is 19.1 Å². The fraction of sp³-hybridized carbons (Fsp3) is 0.231. The maximum atomic E-state index is 12.0. The van der Waals surface area contributed by atoms with E-state index in [0.29, 0.717) is 25.3 Å². The summed E-state index contributed by atoms with van der Waals surface area (Å²) >= 11 is 1.47. The normalized spacial score (nSPS) is 12.9. The lowest BCUT2D eigenvalue weighted by atomic mass is 9.82. The molecule has 0 aliphatic rings. The zero-order valence-corrected chi connectivity index (χ0v) is 18.9. The van der Waals surface area contributed by atoms with Gasteiger partial charge in [0.15, 0.2) is 0 Å². The summed E-state index contributed by atoms with van der Waals surface area (Å²) in [5.41, 5.74) is 1.84. The van der Waals surface area contributed by atoms with Crippen LogP contribution in [0.1, 0.15) is 28.8 Å². The van der Waals surface area contributed by atoms with Crippen molar-refractivity contribution in [3.63, 3.8) is 0 Å². The van der Waals surface area contributed by atoms with E-state index in [4.69, 9.17) is 9.15 Å². The largest absolute Gasteiger partial charge is 0.493 e. The zero-order chi connectivity index (χ0) is 22.6. The molecule has 6 heteroatoms. The number of carbonyl (C=O) groups is 1. The lowest BCUT2D eigenvalue weighted by Gasteiger charge is -2.23. The van der Waals surface area contributed by atoms with Gasteiger partial charge in [-0.3, -0.25) is 4.79 Å². The molecule has 4 aromatic rings. The van der Waals surface area contributed by atoms with Crippen molar-refractivity contribution in [2.75, 3.05) is 6.61 Å². The summed E-state index contributed by atoms with van der Waals surface area (Å²) in [7, 11) is 0. The predicted molar refractivity (Wildman–Crippen MR) is 125 cm³/mol. The third kappa shape index (κ3) is 4.75. The van der Waals surface area contributed by atoms with Gasteiger partial charge < -0.3 is 14.3 Å². The Labute approximate surface area is 191 Å². The van der Waals surface area contributed by atoms with Gasteiger partial charge in [-0.1, -0.05) is 36.4 Å². The topological polar surface area (TPSA) is 72.6 Å². The molecule has 0 saturated heterocycles. The van der Waals surface area contributed by atoms with E-state index in [2.05, 4.69) is 4.98 Å². The highest BCUT2D eigenvalue weighted by atomic mass is 32.1. The lowest BCUT2D eigenvalue weighted by Crippen LogP contribution is -2.33. The molecule has 0 saturated carbocycles. The predicted octanol–water partition coefficient (Wildman–Crippen LogP) is 5.92. The van der Waals surface area contributed by atoms with Gasteiger partial charge in [-0.05, 0) is 61.5 Å². The van der Waals surface area contributed by atoms with Crippen LogP contribution in [-0.4, -0.2) is 22.7 Å². The van der Waals surface area contributed by atoms with Gasteiger partial charge in [-0.2, -0.15) is 0 Å². The lowest BCUT2D eigenvalue weighted by molar-refractivity contribution is -0.143. The molecule has 164 valence electrons. The third-order valence-electron chi connectivity index (χ3n) is 5.54. The smallest absolute Gasteiger partial charge is 0.315 e. The molecular formula is C26H25NO4S. The fourth-order valence-electron chi connectivity index (χ4n) is 3.60. The number of carboxylic acids is 1. The molecule has 1 N–H and O–H groups in total. The number of carboxylic acid groups (broad SMARTS) is 1. The Hall–Kier alpha value is -3.38. The highest BCUT2D eigenvalue weighted by Crippen LogP contribution is 2.32. The van der Waals surface area contributed by atoms with E-state index in [1.807, 2.05) is 79.0 Å². The van der Waals surface area contributed by atoms with E-state index in [-0.39, 0.29) is 0 Å². The number of oxazole rings is 1. The SMILES string of the molecule is Cc1oc(-c2ccccc2)nc1CCOc1ccc(CC(C)(C(=O)O)c2cccs2)cc1. The Bertz CT molecular complexity index is 1170. The Kier molecular flexibility index (Phi) is 6.42. The summed E-state index contributed by atoms with van der Waals surface area (Å²) in [6.45, 7) is 4.16. The highest BCUT2D eigenvalue weighted by molar-refractivity contribution is 7.10. The van der Waals surface area contributed by atoms with Gasteiger partial charge in [0.05, 0.1) is 12.3 Å². The number of nitrogens with zero attached hydrogens (tertiary/aromatic N) is 1. The minimum Gasteiger partial charge on any atom is -0.493 e.